The lowest BCUT2D eigenvalue weighted by Gasteiger charge is -2.14. The molecule has 0 aliphatic carbocycles. The fraction of sp³-hybridized carbons (Fsp3) is 0.800. The molecular weight excluding hydrogens is 172 g/mol. The zero-order chi connectivity index (χ0) is 10.1. The van der Waals surface area contributed by atoms with E-state index in [-0.39, 0.29) is 0 Å². The average Bonchev–Trinajstić information content (AvgIpc) is 2.10. The summed E-state index contributed by atoms with van der Waals surface area (Å²) in [7, 11) is 1.58. The Bertz CT molecular complexity index is 126. The molecule has 0 aromatic heterocycles. The molecule has 1 unspecified atom stereocenters. The Morgan fingerprint density at radius 1 is 1.31 bits per heavy atom. The van der Waals surface area contributed by atoms with Gasteiger partial charge in [-0.25, -0.2) is 8.78 Å². The normalized spacial score (nSPS) is 13.2. The maximum absolute atomic E-state index is 12.2. The third-order valence-electron chi connectivity index (χ3n) is 2.10. The molecule has 13 heavy (non-hydrogen) atoms. The summed E-state index contributed by atoms with van der Waals surface area (Å²) in [5.41, 5.74) is 0. The molecule has 1 N–H and O–H groups in total. The highest BCUT2D eigenvalue weighted by Crippen LogP contribution is 2.11. The molecule has 3 heteroatoms. The first-order chi connectivity index (χ1) is 6.22. The Hall–Kier alpha value is -0.440. The second kappa shape index (κ2) is 8.17. The van der Waals surface area contributed by atoms with E-state index < -0.39 is 12.5 Å². The SMILES string of the molecule is C=CCCCCCC(NC)C(F)F. The number of hydrogen-bond donors (Lipinski definition) is 1. The van der Waals surface area contributed by atoms with E-state index in [4.69, 9.17) is 0 Å². The summed E-state index contributed by atoms with van der Waals surface area (Å²) in [5, 5.41) is 2.62. The molecule has 0 aromatic rings. The minimum atomic E-state index is -2.25. The summed E-state index contributed by atoms with van der Waals surface area (Å²) in [6.07, 6.45) is 4.10. The second-order valence-electron chi connectivity index (χ2n) is 3.16. The van der Waals surface area contributed by atoms with Gasteiger partial charge in [0, 0.05) is 0 Å². The first-order valence-electron chi connectivity index (χ1n) is 4.78. The number of unbranched alkanes of at least 4 members (excludes halogenated alkanes) is 3. The topological polar surface area (TPSA) is 12.0 Å². The van der Waals surface area contributed by atoms with Crippen LogP contribution in [0.2, 0.25) is 0 Å². The molecular formula is C10H19F2N. The average molecular weight is 191 g/mol. The molecule has 0 rings (SSSR count). The van der Waals surface area contributed by atoms with Gasteiger partial charge in [-0.2, -0.15) is 0 Å². The Morgan fingerprint density at radius 2 is 2.00 bits per heavy atom. The van der Waals surface area contributed by atoms with Crippen LogP contribution in [0.1, 0.15) is 32.1 Å². The van der Waals surface area contributed by atoms with Crippen LogP contribution in [0.25, 0.3) is 0 Å². The van der Waals surface area contributed by atoms with E-state index in [1.807, 2.05) is 6.08 Å². The van der Waals surface area contributed by atoms with Crippen molar-refractivity contribution >= 4 is 0 Å². The van der Waals surface area contributed by atoms with Gasteiger partial charge in [-0.15, -0.1) is 6.58 Å². The van der Waals surface area contributed by atoms with Crippen molar-refractivity contribution in [3.8, 4) is 0 Å². The maximum Gasteiger partial charge on any atom is 0.253 e. The van der Waals surface area contributed by atoms with E-state index in [1.54, 1.807) is 7.05 Å². The quantitative estimate of drug-likeness (QED) is 0.459. The number of halogens is 2. The molecule has 1 nitrogen and oxygen atoms in total. The predicted molar refractivity (Wildman–Crippen MR) is 52.1 cm³/mol. The van der Waals surface area contributed by atoms with Crippen LogP contribution in [0.3, 0.4) is 0 Å². The van der Waals surface area contributed by atoms with E-state index in [1.165, 1.54) is 0 Å². The third-order valence-corrected chi connectivity index (χ3v) is 2.10. The lowest BCUT2D eigenvalue weighted by Crippen LogP contribution is -2.32. The monoisotopic (exact) mass is 191 g/mol. The van der Waals surface area contributed by atoms with Crippen molar-refractivity contribution in [3.63, 3.8) is 0 Å². The van der Waals surface area contributed by atoms with Crippen LogP contribution >= 0.6 is 0 Å². The molecule has 0 radical (unpaired) electrons. The smallest absolute Gasteiger partial charge is 0.253 e. The zero-order valence-electron chi connectivity index (χ0n) is 8.23. The van der Waals surface area contributed by atoms with Gasteiger partial charge in [0.15, 0.2) is 0 Å². The fourth-order valence-electron chi connectivity index (χ4n) is 1.23. The van der Waals surface area contributed by atoms with Gasteiger partial charge in [0.1, 0.15) is 0 Å². The zero-order valence-corrected chi connectivity index (χ0v) is 8.23. The number of rotatable bonds is 8. The fourth-order valence-corrected chi connectivity index (χ4v) is 1.23. The van der Waals surface area contributed by atoms with Crippen molar-refractivity contribution in [1.82, 2.24) is 5.32 Å². The summed E-state index contributed by atoms with van der Waals surface area (Å²) in [6.45, 7) is 3.61. The highest BCUT2D eigenvalue weighted by atomic mass is 19.3. The number of hydrogen-bond acceptors (Lipinski definition) is 1. The Morgan fingerprint density at radius 3 is 2.46 bits per heavy atom. The van der Waals surface area contributed by atoms with Gasteiger partial charge in [-0.1, -0.05) is 18.9 Å². The molecule has 1 atom stereocenters. The van der Waals surface area contributed by atoms with Gasteiger partial charge in [-0.3, -0.25) is 0 Å². The number of allylic oxidation sites excluding steroid dienone is 1. The summed E-state index contributed by atoms with van der Waals surface area (Å²) >= 11 is 0. The standard InChI is InChI=1S/C10H19F2N/c1-3-4-5-6-7-8-9(13-2)10(11)12/h3,9-10,13H,1,4-8H2,2H3. The maximum atomic E-state index is 12.2. The highest BCUT2D eigenvalue weighted by Gasteiger charge is 2.16. The second-order valence-corrected chi connectivity index (χ2v) is 3.16. The van der Waals surface area contributed by atoms with Crippen molar-refractivity contribution in [3.05, 3.63) is 12.7 Å². The Labute approximate surface area is 79.2 Å². The van der Waals surface area contributed by atoms with Gasteiger partial charge < -0.3 is 5.32 Å². The summed E-state index contributed by atoms with van der Waals surface area (Å²) in [6, 6.07) is -0.635. The highest BCUT2D eigenvalue weighted by molar-refractivity contribution is 4.68. The van der Waals surface area contributed by atoms with Gasteiger partial charge in [-0.05, 0) is 26.3 Å². The molecule has 0 aliphatic heterocycles. The van der Waals surface area contributed by atoms with E-state index in [2.05, 4.69) is 11.9 Å². The van der Waals surface area contributed by atoms with Crippen molar-refractivity contribution in [2.75, 3.05) is 7.05 Å². The van der Waals surface area contributed by atoms with Crippen molar-refractivity contribution < 1.29 is 8.78 Å². The van der Waals surface area contributed by atoms with Gasteiger partial charge in [0.25, 0.3) is 6.43 Å². The lowest BCUT2D eigenvalue weighted by atomic mass is 10.1. The molecule has 0 spiro atoms. The van der Waals surface area contributed by atoms with Crippen LogP contribution < -0.4 is 5.32 Å². The van der Waals surface area contributed by atoms with Crippen LogP contribution in [0.15, 0.2) is 12.7 Å². The van der Waals surface area contributed by atoms with E-state index >= 15 is 0 Å². The van der Waals surface area contributed by atoms with Crippen LogP contribution in [0.5, 0.6) is 0 Å². The van der Waals surface area contributed by atoms with Crippen molar-refractivity contribution in [1.29, 1.82) is 0 Å². The minimum absolute atomic E-state index is 0.561. The predicted octanol–water partition coefficient (Wildman–Crippen LogP) is 2.98. The molecule has 0 saturated carbocycles. The number of nitrogens with one attached hydrogen (secondary N) is 1. The molecule has 0 saturated heterocycles. The lowest BCUT2D eigenvalue weighted by molar-refractivity contribution is 0.0966. The molecule has 0 amide bonds. The molecule has 0 fully saturated rings. The third kappa shape index (κ3) is 6.70. The summed E-state index contributed by atoms with van der Waals surface area (Å²) in [4.78, 5) is 0. The Kier molecular flexibility index (Phi) is 7.90. The molecule has 0 bridgehead atoms. The van der Waals surface area contributed by atoms with E-state index in [0.717, 1.165) is 25.7 Å². The largest absolute Gasteiger partial charge is 0.312 e. The molecule has 78 valence electrons. The molecule has 0 aromatic carbocycles. The minimum Gasteiger partial charge on any atom is -0.312 e. The van der Waals surface area contributed by atoms with Gasteiger partial charge in [0.2, 0.25) is 0 Å². The first-order valence-corrected chi connectivity index (χ1v) is 4.78. The first kappa shape index (κ1) is 12.6. The van der Waals surface area contributed by atoms with Crippen LogP contribution in [-0.4, -0.2) is 19.5 Å². The van der Waals surface area contributed by atoms with Crippen LogP contribution in [0.4, 0.5) is 8.78 Å². The van der Waals surface area contributed by atoms with E-state index in [0.29, 0.717) is 6.42 Å². The molecule has 0 heterocycles. The van der Waals surface area contributed by atoms with Crippen molar-refractivity contribution in [2.45, 2.75) is 44.6 Å². The van der Waals surface area contributed by atoms with Crippen LogP contribution in [0, 0.1) is 0 Å². The summed E-state index contributed by atoms with van der Waals surface area (Å²) < 4.78 is 24.4. The Balaban J connectivity index is 3.33. The van der Waals surface area contributed by atoms with Crippen LogP contribution in [-0.2, 0) is 0 Å². The van der Waals surface area contributed by atoms with E-state index in [9.17, 15) is 8.78 Å². The van der Waals surface area contributed by atoms with Crippen molar-refractivity contribution in [2.24, 2.45) is 0 Å². The summed E-state index contributed by atoms with van der Waals surface area (Å²) in [5.74, 6) is 0. The number of alkyl halides is 2. The van der Waals surface area contributed by atoms with Gasteiger partial charge >= 0.3 is 0 Å². The molecule has 0 aliphatic rings. The van der Waals surface area contributed by atoms with Gasteiger partial charge in [0.05, 0.1) is 6.04 Å².